The highest BCUT2D eigenvalue weighted by Gasteiger charge is 2.28. The van der Waals surface area contributed by atoms with E-state index in [1.54, 1.807) is 24.3 Å². The maximum absolute atomic E-state index is 12.6. The van der Waals surface area contributed by atoms with E-state index in [1.807, 2.05) is 42.1 Å². The summed E-state index contributed by atoms with van der Waals surface area (Å²) >= 11 is 0. The molecule has 1 amide bonds. The van der Waals surface area contributed by atoms with E-state index in [1.165, 1.54) is 0 Å². The van der Waals surface area contributed by atoms with Crippen LogP contribution in [0.4, 0.5) is 0 Å². The lowest BCUT2D eigenvalue weighted by Gasteiger charge is -2.04. The summed E-state index contributed by atoms with van der Waals surface area (Å²) in [6.45, 7) is -0.231. The highest BCUT2D eigenvalue weighted by Crippen LogP contribution is 2.35. The van der Waals surface area contributed by atoms with Gasteiger partial charge in [-0.3, -0.25) is 9.59 Å². The van der Waals surface area contributed by atoms with E-state index in [0.29, 0.717) is 17.1 Å². The Morgan fingerprint density at radius 2 is 2.08 bits per heavy atom. The van der Waals surface area contributed by atoms with Crippen LogP contribution < -0.4 is 15.2 Å². The molecule has 1 aliphatic heterocycles. The molecule has 26 heavy (non-hydrogen) atoms. The molecule has 1 aliphatic rings. The zero-order chi connectivity index (χ0) is 18.3. The number of aryl methyl sites for hydroxylation is 1. The number of allylic oxidation sites excluding steroid dienone is 1. The molecule has 2 aromatic carbocycles. The van der Waals surface area contributed by atoms with Crippen LogP contribution in [0.25, 0.3) is 17.0 Å². The number of carbonyl (C=O) groups excluding carboxylic acids is 2. The number of fused-ring (bicyclic) bond motifs is 2. The highest BCUT2D eigenvalue weighted by molar-refractivity contribution is 6.15. The maximum atomic E-state index is 12.6. The largest absolute Gasteiger partial charge is 0.484 e. The summed E-state index contributed by atoms with van der Waals surface area (Å²) in [5.41, 5.74) is 7.51. The molecule has 0 spiro atoms. The molecule has 0 fully saturated rings. The van der Waals surface area contributed by atoms with Crippen LogP contribution >= 0.6 is 0 Å². The monoisotopic (exact) mass is 348 g/mol. The fourth-order valence-corrected chi connectivity index (χ4v) is 3.04. The number of rotatable bonds is 4. The van der Waals surface area contributed by atoms with Gasteiger partial charge in [-0.25, -0.2) is 0 Å². The number of carbonyl (C=O) groups is 2. The molecule has 0 saturated heterocycles. The first kappa shape index (κ1) is 16.0. The summed E-state index contributed by atoms with van der Waals surface area (Å²) in [4.78, 5) is 23.4. The van der Waals surface area contributed by atoms with E-state index in [4.69, 9.17) is 15.2 Å². The fraction of sp³-hybridized carbons (Fsp3) is 0.100. The summed E-state index contributed by atoms with van der Waals surface area (Å²) in [6, 6.07) is 12.8. The number of nitrogens with zero attached hydrogens (tertiary/aromatic N) is 1. The zero-order valence-corrected chi connectivity index (χ0v) is 14.1. The van der Waals surface area contributed by atoms with Crippen molar-refractivity contribution in [2.24, 2.45) is 12.8 Å². The van der Waals surface area contributed by atoms with Crippen LogP contribution in [0.15, 0.2) is 54.4 Å². The van der Waals surface area contributed by atoms with Crippen LogP contribution in [0.3, 0.4) is 0 Å². The van der Waals surface area contributed by atoms with Crippen molar-refractivity contribution >= 4 is 28.7 Å². The van der Waals surface area contributed by atoms with E-state index < -0.39 is 5.91 Å². The number of Topliss-reactive ketones (excluding diaryl/α,β-unsaturated/α-hetero) is 1. The molecule has 0 atom stereocenters. The number of amides is 1. The number of primary amides is 1. The van der Waals surface area contributed by atoms with Crippen molar-refractivity contribution < 1.29 is 19.1 Å². The molecule has 0 radical (unpaired) electrons. The molecule has 2 heterocycles. The Balaban J connectivity index is 1.67. The van der Waals surface area contributed by atoms with Crippen LogP contribution in [0.5, 0.6) is 11.5 Å². The molecule has 6 nitrogen and oxygen atoms in total. The van der Waals surface area contributed by atoms with Crippen molar-refractivity contribution in [3.05, 3.63) is 65.5 Å². The number of aromatic nitrogens is 1. The van der Waals surface area contributed by atoms with Crippen molar-refractivity contribution in [2.45, 2.75) is 0 Å². The third kappa shape index (κ3) is 2.71. The van der Waals surface area contributed by atoms with Crippen LogP contribution in [-0.2, 0) is 11.8 Å². The average Bonchev–Trinajstić information content (AvgIpc) is 3.11. The van der Waals surface area contributed by atoms with Crippen LogP contribution in [0.2, 0.25) is 0 Å². The number of ether oxygens (including phenoxy) is 2. The minimum atomic E-state index is -0.570. The van der Waals surface area contributed by atoms with Gasteiger partial charge in [0.2, 0.25) is 5.78 Å². The molecular weight excluding hydrogens is 332 g/mol. The van der Waals surface area contributed by atoms with Gasteiger partial charge < -0.3 is 19.8 Å². The smallest absolute Gasteiger partial charge is 0.255 e. The molecule has 2 N–H and O–H groups in total. The van der Waals surface area contributed by atoms with Crippen molar-refractivity contribution in [1.82, 2.24) is 4.57 Å². The number of benzene rings is 2. The lowest BCUT2D eigenvalue weighted by Crippen LogP contribution is -2.19. The van der Waals surface area contributed by atoms with Crippen molar-refractivity contribution in [3.63, 3.8) is 0 Å². The number of para-hydroxylation sites is 1. The molecule has 3 aromatic rings. The number of hydrogen-bond acceptors (Lipinski definition) is 4. The minimum Gasteiger partial charge on any atom is -0.484 e. The van der Waals surface area contributed by atoms with Gasteiger partial charge in [0.05, 0.1) is 5.56 Å². The SMILES string of the molecule is Cn1cc(/C=C2\Oc3cc(OCC(N)=O)ccc3C2=O)c2ccccc21. The Morgan fingerprint density at radius 1 is 1.27 bits per heavy atom. The molecule has 0 bridgehead atoms. The van der Waals surface area contributed by atoms with Gasteiger partial charge in [0.25, 0.3) is 5.91 Å². The van der Waals surface area contributed by atoms with Gasteiger partial charge in [-0.05, 0) is 24.3 Å². The zero-order valence-electron chi connectivity index (χ0n) is 14.1. The fourth-order valence-electron chi connectivity index (χ4n) is 3.04. The Morgan fingerprint density at radius 3 is 2.88 bits per heavy atom. The number of nitrogens with two attached hydrogens (primary N) is 1. The Kier molecular flexibility index (Phi) is 3.73. The van der Waals surface area contributed by atoms with Crippen molar-refractivity contribution in [3.8, 4) is 11.5 Å². The number of hydrogen-bond donors (Lipinski definition) is 1. The summed E-state index contributed by atoms with van der Waals surface area (Å²) in [5.74, 6) is 0.321. The molecule has 0 unspecified atom stereocenters. The molecule has 1 aromatic heterocycles. The van der Waals surface area contributed by atoms with Gasteiger partial charge in [-0.1, -0.05) is 18.2 Å². The lowest BCUT2D eigenvalue weighted by molar-refractivity contribution is -0.119. The molecular formula is C20H16N2O4. The maximum Gasteiger partial charge on any atom is 0.255 e. The second-order valence-corrected chi connectivity index (χ2v) is 6.07. The van der Waals surface area contributed by atoms with Gasteiger partial charge >= 0.3 is 0 Å². The first-order chi connectivity index (χ1) is 12.5. The summed E-state index contributed by atoms with van der Waals surface area (Å²) < 4.78 is 13.0. The number of ketones is 1. The summed E-state index contributed by atoms with van der Waals surface area (Å²) in [7, 11) is 1.96. The molecule has 6 heteroatoms. The van der Waals surface area contributed by atoms with Gasteiger partial charge in [-0.2, -0.15) is 0 Å². The summed E-state index contributed by atoms with van der Waals surface area (Å²) in [6.07, 6.45) is 3.70. The van der Waals surface area contributed by atoms with Crippen LogP contribution in [0, 0.1) is 0 Å². The van der Waals surface area contributed by atoms with E-state index in [-0.39, 0.29) is 18.1 Å². The quantitative estimate of drug-likeness (QED) is 0.735. The van der Waals surface area contributed by atoms with E-state index in [9.17, 15) is 9.59 Å². The highest BCUT2D eigenvalue weighted by atomic mass is 16.5. The van der Waals surface area contributed by atoms with Gasteiger partial charge in [-0.15, -0.1) is 0 Å². The van der Waals surface area contributed by atoms with E-state index in [2.05, 4.69) is 0 Å². The summed E-state index contributed by atoms with van der Waals surface area (Å²) in [5, 5.41) is 1.04. The predicted molar refractivity (Wildman–Crippen MR) is 97.0 cm³/mol. The van der Waals surface area contributed by atoms with Gasteiger partial charge in [0.15, 0.2) is 12.4 Å². The normalized spacial score (nSPS) is 14.5. The molecule has 130 valence electrons. The Hall–Kier alpha value is -3.54. The van der Waals surface area contributed by atoms with E-state index in [0.717, 1.165) is 16.5 Å². The van der Waals surface area contributed by atoms with Crippen LogP contribution in [-0.4, -0.2) is 22.9 Å². The third-order valence-corrected chi connectivity index (χ3v) is 4.24. The average molecular weight is 348 g/mol. The minimum absolute atomic E-state index is 0.186. The molecule has 0 saturated carbocycles. The molecule has 4 rings (SSSR count). The van der Waals surface area contributed by atoms with Crippen molar-refractivity contribution in [2.75, 3.05) is 6.61 Å². The third-order valence-electron chi connectivity index (χ3n) is 4.24. The first-order valence-electron chi connectivity index (χ1n) is 8.06. The van der Waals surface area contributed by atoms with Crippen molar-refractivity contribution in [1.29, 1.82) is 0 Å². The second-order valence-electron chi connectivity index (χ2n) is 6.07. The molecule has 0 aliphatic carbocycles. The standard InChI is InChI=1S/C20H16N2O4/c1-22-10-12(14-4-2-3-5-16(14)22)8-18-20(24)15-7-6-13(9-17(15)26-18)25-11-19(21)23/h2-10H,11H2,1H3,(H2,21,23)/b18-8-. The Bertz CT molecular complexity index is 1080. The first-order valence-corrected chi connectivity index (χ1v) is 8.06. The van der Waals surface area contributed by atoms with E-state index >= 15 is 0 Å². The van der Waals surface area contributed by atoms with Crippen LogP contribution in [0.1, 0.15) is 15.9 Å². The van der Waals surface area contributed by atoms with Gasteiger partial charge in [0.1, 0.15) is 11.5 Å². The lowest BCUT2D eigenvalue weighted by atomic mass is 10.1. The second kappa shape index (κ2) is 6.07. The van der Waals surface area contributed by atoms with Gasteiger partial charge in [0, 0.05) is 35.8 Å². The topological polar surface area (TPSA) is 83.5 Å². The predicted octanol–water partition coefficient (Wildman–Crippen LogP) is 2.66. The Labute approximate surface area is 149 Å².